The third-order valence-electron chi connectivity index (χ3n) is 4.62. The largest absolute Gasteiger partial charge is 0.486 e. The van der Waals surface area contributed by atoms with Gasteiger partial charge in [-0.3, -0.25) is 9.59 Å². The standard InChI is InChI=1S/C23H22N2O5S/c1-2-28-22(27)10-11-25-17-14-18-19(30-13-12-29-18)15-20(17)31-23(25)24-21(26)9-8-16-6-4-3-5-7-16/h3-9,14-15H,2,10-13H2,1H3/b9-8+,24-23?. The SMILES string of the molecule is CCOC(=O)CCn1c(=NC(=O)/C=C/c2ccccc2)sc2cc3c(cc21)OCCO3. The summed E-state index contributed by atoms with van der Waals surface area (Å²) in [5.74, 6) is 0.633. The predicted molar refractivity (Wildman–Crippen MR) is 118 cm³/mol. The molecule has 0 saturated heterocycles. The molecule has 0 fully saturated rings. The van der Waals surface area contributed by atoms with E-state index in [0.29, 0.717) is 42.7 Å². The summed E-state index contributed by atoms with van der Waals surface area (Å²) in [6, 6.07) is 13.3. The third kappa shape index (κ3) is 5.03. The maximum absolute atomic E-state index is 12.5. The maximum Gasteiger partial charge on any atom is 0.307 e. The Balaban J connectivity index is 1.70. The van der Waals surface area contributed by atoms with Gasteiger partial charge in [-0.05, 0) is 18.6 Å². The number of carbonyl (C=O) groups is 2. The summed E-state index contributed by atoms with van der Waals surface area (Å²) in [5, 5.41) is 0. The van der Waals surface area contributed by atoms with Gasteiger partial charge in [-0.15, -0.1) is 0 Å². The summed E-state index contributed by atoms with van der Waals surface area (Å²) in [4.78, 5) is 29.2. The van der Waals surface area contributed by atoms with Crippen LogP contribution in [0.15, 0.2) is 53.5 Å². The fraction of sp³-hybridized carbons (Fsp3) is 0.261. The van der Waals surface area contributed by atoms with Crippen LogP contribution in [0.4, 0.5) is 0 Å². The van der Waals surface area contributed by atoms with Crippen LogP contribution in [0, 0.1) is 0 Å². The van der Waals surface area contributed by atoms with E-state index in [1.54, 1.807) is 13.0 Å². The molecule has 8 heteroatoms. The van der Waals surface area contributed by atoms with Gasteiger partial charge < -0.3 is 18.8 Å². The van der Waals surface area contributed by atoms with Crippen molar-refractivity contribution < 1.29 is 23.8 Å². The van der Waals surface area contributed by atoms with Crippen molar-refractivity contribution in [2.45, 2.75) is 19.9 Å². The number of aromatic nitrogens is 1. The minimum absolute atomic E-state index is 0.176. The number of hydrogen-bond donors (Lipinski definition) is 0. The Kier molecular flexibility index (Phi) is 6.47. The Labute approximate surface area is 183 Å². The summed E-state index contributed by atoms with van der Waals surface area (Å²) in [6.45, 7) is 3.41. The van der Waals surface area contributed by atoms with E-state index in [4.69, 9.17) is 14.2 Å². The van der Waals surface area contributed by atoms with Crippen molar-refractivity contribution in [3.8, 4) is 11.5 Å². The van der Waals surface area contributed by atoms with Crippen molar-refractivity contribution in [1.29, 1.82) is 0 Å². The quantitative estimate of drug-likeness (QED) is 0.434. The Morgan fingerprint density at radius 3 is 2.65 bits per heavy atom. The molecule has 1 aromatic heterocycles. The predicted octanol–water partition coefficient (Wildman–Crippen LogP) is 3.57. The monoisotopic (exact) mass is 438 g/mol. The number of benzene rings is 2. The van der Waals surface area contributed by atoms with Crippen molar-refractivity contribution in [3.63, 3.8) is 0 Å². The lowest BCUT2D eigenvalue weighted by Gasteiger charge is -2.18. The Hall–Kier alpha value is -3.39. The number of carbonyl (C=O) groups excluding carboxylic acids is 2. The minimum Gasteiger partial charge on any atom is -0.486 e. The van der Waals surface area contributed by atoms with Crippen molar-refractivity contribution in [2.24, 2.45) is 4.99 Å². The van der Waals surface area contributed by atoms with Gasteiger partial charge in [-0.2, -0.15) is 4.99 Å². The zero-order chi connectivity index (χ0) is 21.6. The Morgan fingerprint density at radius 2 is 1.90 bits per heavy atom. The lowest BCUT2D eigenvalue weighted by molar-refractivity contribution is -0.143. The molecule has 2 aromatic carbocycles. The van der Waals surface area contributed by atoms with Gasteiger partial charge in [-0.25, -0.2) is 0 Å². The zero-order valence-electron chi connectivity index (χ0n) is 17.1. The number of fused-ring (bicyclic) bond motifs is 2. The van der Waals surface area contributed by atoms with Crippen molar-refractivity contribution in [3.05, 3.63) is 58.9 Å². The number of ether oxygens (including phenoxy) is 3. The summed E-state index contributed by atoms with van der Waals surface area (Å²) in [6.07, 6.45) is 3.34. The molecular weight excluding hydrogens is 416 g/mol. The molecule has 7 nitrogen and oxygen atoms in total. The lowest BCUT2D eigenvalue weighted by atomic mass is 10.2. The van der Waals surface area contributed by atoms with E-state index >= 15 is 0 Å². The Morgan fingerprint density at radius 1 is 1.16 bits per heavy atom. The van der Waals surface area contributed by atoms with E-state index < -0.39 is 0 Å². The second-order valence-electron chi connectivity index (χ2n) is 6.75. The van der Waals surface area contributed by atoms with Crippen molar-refractivity contribution in [1.82, 2.24) is 4.57 Å². The normalized spacial score (nSPS) is 13.6. The number of amides is 1. The van der Waals surface area contributed by atoms with Crippen molar-refractivity contribution >= 4 is 39.5 Å². The molecule has 0 spiro atoms. The van der Waals surface area contributed by atoms with E-state index in [1.807, 2.05) is 47.0 Å². The molecule has 4 rings (SSSR count). The summed E-state index contributed by atoms with van der Waals surface area (Å²) < 4.78 is 19.2. The first-order chi connectivity index (χ1) is 15.1. The van der Waals surface area contributed by atoms with E-state index in [1.165, 1.54) is 17.4 Å². The number of aryl methyl sites for hydroxylation is 1. The highest BCUT2D eigenvalue weighted by Crippen LogP contribution is 2.35. The van der Waals surface area contributed by atoms with Gasteiger partial charge >= 0.3 is 5.97 Å². The second-order valence-corrected chi connectivity index (χ2v) is 7.76. The molecule has 0 unspecified atom stereocenters. The molecule has 2 heterocycles. The Bertz CT molecular complexity index is 1190. The smallest absolute Gasteiger partial charge is 0.307 e. The molecule has 3 aromatic rings. The van der Waals surface area contributed by atoms with Gasteiger partial charge in [0.05, 0.1) is 23.2 Å². The van der Waals surface area contributed by atoms with E-state index in [2.05, 4.69) is 4.99 Å². The first kappa shape index (κ1) is 20.9. The van der Waals surface area contributed by atoms with E-state index in [9.17, 15) is 9.59 Å². The molecule has 0 bridgehead atoms. The number of nitrogens with zero attached hydrogens (tertiary/aromatic N) is 2. The molecule has 0 saturated carbocycles. The fourth-order valence-corrected chi connectivity index (χ4v) is 4.28. The van der Waals surface area contributed by atoms with Crippen LogP contribution in [0.1, 0.15) is 18.9 Å². The first-order valence-electron chi connectivity index (χ1n) is 10.0. The molecule has 31 heavy (non-hydrogen) atoms. The second kappa shape index (κ2) is 9.61. The number of esters is 1. The van der Waals surface area contributed by atoms with E-state index in [0.717, 1.165) is 15.8 Å². The highest BCUT2D eigenvalue weighted by atomic mass is 32.1. The third-order valence-corrected chi connectivity index (χ3v) is 5.66. The molecule has 0 radical (unpaired) electrons. The lowest BCUT2D eigenvalue weighted by Crippen LogP contribution is -2.19. The highest BCUT2D eigenvalue weighted by Gasteiger charge is 2.17. The van der Waals surface area contributed by atoms with Crippen LogP contribution in [0.2, 0.25) is 0 Å². The average Bonchev–Trinajstić information content (AvgIpc) is 3.11. The first-order valence-corrected chi connectivity index (χ1v) is 10.9. The van der Waals surface area contributed by atoms with Crippen molar-refractivity contribution in [2.75, 3.05) is 19.8 Å². The van der Waals surface area contributed by atoms with Crippen LogP contribution in [-0.2, 0) is 20.9 Å². The van der Waals surface area contributed by atoms with Crippen LogP contribution < -0.4 is 14.3 Å². The average molecular weight is 439 g/mol. The summed E-state index contributed by atoms with van der Waals surface area (Å²) in [5.41, 5.74) is 1.75. The molecule has 0 aliphatic carbocycles. The molecule has 1 amide bonds. The topological polar surface area (TPSA) is 79.1 Å². The minimum atomic E-state index is -0.377. The number of hydrogen-bond acceptors (Lipinski definition) is 6. The van der Waals surface area contributed by atoms with Gasteiger partial charge in [0.2, 0.25) is 0 Å². The van der Waals surface area contributed by atoms with Gasteiger partial charge in [0.15, 0.2) is 16.3 Å². The van der Waals surface area contributed by atoms with Crippen LogP contribution in [0.3, 0.4) is 0 Å². The van der Waals surface area contributed by atoms with E-state index in [-0.39, 0.29) is 18.3 Å². The van der Waals surface area contributed by atoms with Crippen LogP contribution >= 0.6 is 11.3 Å². The summed E-state index contributed by atoms with van der Waals surface area (Å²) >= 11 is 1.37. The van der Waals surface area contributed by atoms with Gasteiger partial charge in [-0.1, -0.05) is 41.7 Å². The summed E-state index contributed by atoms with van der Waals surface area (Å²) in [7, 11) is 0. The zero-order valence-corrected chi connectivity index (χ0v) is 17.9. The number of thiazole rings is 1. The maximum atomic E-state index is 12.5. The molecule has 1 aliphatic heterocycles. The highest BCUT2D eigenvalue weighted by molar-refractivity contribution is 7.16. The molecule has 0 atom stereocenters. The van der Waals surface area contributed by atoms with Gasteiger partial charge in [0.25, 0.3) is 5.91 Å². The van der Waals surface area contributed by atoms with Crippen LogP contribution in [0.5, 0.6) is 11.5 Å². The van der Waals surface area contributed by atoms with Crippen LogP contribution in [0.25, 0.3) is 16.3 Å². The number of rotatable bonds is 6. The van der Waals surface area contributed by atoms with Gasteiger partial charge in [0.1, 0.15) is 13.2 Å². The molecular formula is C23H22N2O5S. The fourth-order valence-electron chi connectivity index (χ4n) is 3.21. The molecule has 0 N–H and O–H groups in total. The molecule has 1 aliphatic rings. The van der Waals surface area contributed by atoms with Crippen LogP contribution in [-0.4, -0.2) is 36.3 Å². The van der Waals surface area contributed by atoms with Gasteiger partial charge in [0, 0.05) is 24.8 Å². The molecule has 160 valence electrons.